The molecule has 0 atom stereocenters. The second-order valence-electron chi connectivity index (χ2n) is 4.86. The maximum absolute atomic E-state index is 6.61. The van der Waals surface area contributed by atoms with E-state index in [0.717, 1.165) is 18.6 Å². The molecule has 0 bridgehead atoms. The van der Waals surface area contributed by atoms with Crippen LogP contribution in [0.25, 0.3) is 0 Å². The molecule has 2 N–H and O–H groups in total. The van der Waals surface area contributed by atoms with Gasteiger partial charge in [-0.1, -0.05) is 18.9 Å². The predicted molar refractivity (Wildman–Crippen MR) is 73.8 cm³/mol. The van der Waals surface area contributed by atoms with E-state index in [-0.39, 0.29) is 5.54 Å². The zero-order valence-electron chi connectivity index (χ0n) is 10.9. The summed E-state index contributed by atoms with van der Waals surface area (Å²) in [6, 6.07) is 4.29. The summed E-state index contributed by atoms with van der Waals surface area (Å²) in [5, 5.41) is 0. The Bertz CT molecular complexity index is 411. The quantitative estimate of drug-likeness (QED) is 0.836. The molecule has 1 aromatic rings. The minimum atomic E-state index is -0.185. The van der Waals surface area contributed by atoms with Crippen LogP contribution in [0, 0.1) is 6.92 Å². The fourth-order valence-electron chi connectivity index (χ4n) is 2.83. The summed E-state index contributed by atoms with van der Waals surface area (Å²) in [5.41, 5.74) is 8.83. The van der Waals surface area contributed by atoms with Gasteiger partial charge in [0.05, 0.1) is 7.11 Å². The van der Waals surface area contributed by atoms with Crippen molar-refractivity contribution in [1.82, 2.24) is 0 Å². The predicted octanol–water partition coefficient (Wildman–Crippen LogP) is 3.45. The Morgan fingerprint density at radius 3 is 2.47 bits per heavy atom. The molecule has 1 aliphatic rings. The lowest BCUT2D eigenvalue weighted by Gasteiger charge is -2.29. The van der Waals surface area contributed by atoms with Gasteiger partial charge in [-0.05, 0) is 37.7 Å². The topological polar surface area (TPSA) is 35.2 Å². The van der Waals surface area contributed by atoms with Crippen molar-refractivity contribution in [2.75, 3.05) is 13.4 Å². The van der Waals surface area contributed by atoms with Gasteiger partial charge in [0.25, 0.3) is 0 Å². The summed E-state index contributed by atoms with van der Waals surface area (Å²) in [7, 11) is 1.74. The Balaban J connectivity index is 2.59. The number of rotatable bonds is 3. The van der Waals surface area contributed by atoms with Crippen molar-refractivity contribution in [3.63, 3.8) is 0 Å². The van der Waals surface area contributed by atoms with Crippen LogP contribution in [-0.4, -0.2) is 13.4 Å². The van der Waals surface area contributed by atoms with Crippen LogP contribution < -0.4 is 10.5 Å². The molecule has 0 saturated heterocycles. The zero-order chi connectivity index (χ0) is 12.5. The Kier molecular flexibility index (Phi) is 3.69. The third-order valence-electron chi connectivity index (χ3n) is 3.73. The molecule has 0 heterocycles. The first-order valence-corrected chi connectivity index (χ1v) is 7.36. The molecule has 2 rings (SSSR count). The Morgan fingerprint density at radius 2 is 1.94 bits per heavy atom. The van der Waals surface area contributed by atoms with Gasteiger partial charge in [0, 0.05) is 16.0 Å². The molecule has 0 amide bonds. The number of benzene rings is 1. The summed E-state index contributed by atoms with van der Waals surface area (Å²) in [4.78, 5) is 1.26. The molecule has 3 heteroatoms. The summed E-state index contributed by atoms with van der Waals surface area (Å²) in [6.45, 7) is 2.09. The highest BCUT2D eigenvalue weighted by Crippen LogP contribution is 2.45. The van der Waals surface area contributed by atoms with E-state index >= 15 is 0 Å². The van der Waals surface area contributed by atoms with Crippen molar-refractivity contribution >= 4 is 11.8 Å². The van der Waals surface area contributed by atoms with E-state index in [1.165, 1.54) is 28.9 Å². The highest BCUT2D eigenvalue weighted by molar-refractivity contribution is 7.98. The minimum absolute atomic E-state index is 0.185. The first-order chi connectivity index (χ1) is 8.12. The number of aryl methyl sites for hydroxylation is 1. The lowest BCUT2D eigenvalue weighted by Crippen LogP contribution is -2.34. The van der Waals surface area contributed by atoms with Crippen molar-refractivity contribution in [3.8, 4) is 5.75 Å². The standard InChI is InChI=1S/C14H21NOS/c1-10-6-7-11(17-3)12(13(10)16-2)14(15)8-4-5-9-14/h6-7H,4-5,8-9,15H2,1-3H3. The Hall–Kier alpha value is -0.670. The van der Waals surface area contributed by atoms with Gasteiger partial charge in [-0.3, -0.25) is 0 Å². The molecule has 1 saturated carbocycles. The van der Waals surface area contributed by atoms with Gasteiger partial charge >= 0.3 is 0 Å². The van der Waals surface area contributed by atoms with Gasteiger partial charge in [0.1, 0.15) is 5.75 Å². The number of methoxy groups -OCH3 is 1. The molecular formula is C14H21NOS. The highest BCUT2D eigenvalue weighted by Gasteiger charge is 2.36. The summed E-state index contributed by atoms with van der Waals surface area (Å²) in [6.07, 6.45) is 6.69. The lowest BCUT2D eigenvalue weighted by atomic mass is 9.87. The van der Waals surface area contributed by atoms with Crippen molar-refractivity contribution in [2.45, 2.75) is 43.0 Å². The smallest absolute Gasteiger partial charge is 0.127 e. The maximum atomic E-state index is 6.61. The highest BCUT2D eigenvalue weighted by atomic mass is 32.2. The van der Waals surface area contributed by atoms with E-state index in [2.05, 4.69) is 25.3 Å². The molecular weight excluding hydrogens is 230 g/mol. The van der Waals surface area contributed by atoms with Crippen molar-refractivity contribution < 1.29 is 4.74 Å². The van der Waals surface area contributed by atoms with Crippen LogP contribution in [-0.2, 0) is 5.54 Å². The number of ether oxygens (including phenoxy) is 1. The number of hydrogen-bond donors (Lipinski definition) is 1. The van der Waals surface area contributed by atoms with E-state index in [1.807, 2.05) is 0 Å². The zero-order valence-corrected chi connectivity index (χ0v) is 11.7. The Labute approximate surface area is 108 Å². The molecule has 0 aliphatic heterocycles. The molecule has 0 radical (unpaired) electrons. The van der Waals surface area contributed by atoms with Crippen LogP contribution in [0.3, 0.4) is 0 Å². The Morgan fingerprint density at radius 1 is 1.29 bits per heavy atom. The van der Waals surface area contributed by atoms with Gasteiger partial charge in [-0.15, -0.1) is 11.8 Å². The van der Waals surface area contributed by atoms with E-state index in [9.17, 15) is 0 Å². The van der Waals surface area contributed by atoms with E-state index in [0.29, 0.717) is 0 Å². The molecule has 17 heavy (non-hydrogen) atoms. The normalized spacial score (nSPS) is 18.4. The number of thioether (sulfide) groups is 1. The number of hydrogen-bond acceptors (Lipinski definition) is 3. The average Bonchev–Trinajstić information content (AvgIpc) is 2.76. The third-order valence-corrected chi connectivity index (χ3v) is 4.51. The summed E-state index contributed by atoms with van der Waals surface area (Å²) < 4.78 is 5.60. The van der Waals surface area contributed by atoms with Crippen molar-refractivity contribution in [2.24, 2.45) is 5.73 Å². The van der Waals surface area contributed by atoms with Gasteiger partial charge < -0.3 is 10.5 Å². The molecule has 1 aromatic carbocycles. The van der Waals surface area contributed by atoms with Gasteiger partial charge in [0.2, 0.25) is 0 Å². The lowest BCUT2D eigenvalue weighted by molar-refractivity contribution is 0.372. The van der Waals surface area contributed by atoms with Crippen LogP contribution in [0.1, 0.15) is 36.8 Å². The van der Waals surface area contributed by atoms with E-state index in [1.54, 1.807) is 18.9 Å². The molecule has 0 spiro atoms. The SMILES string of the molecule is COc1c(C)ccc(SC)c1C1(N)CCCC1. The fourth-order valence-corrected chi connectivity index (χ4v) is 3.53. The maximum Gasteiger partial charge on any atom is 0.127 e. The van der Waals surface area contributed by atoms with E-state index < -0.39 is 0 Å². The van der Waals surface area contributed by atoms with Crippen molar-refractivity contribution in [1.29, 1.82) is 0 Å². The third kappa shape index (κ3) is 2.18. The summed E-state index contributed by atoms with van der Waals surface area (Å²) >= 11 is 1.76. The van der Waals surface area contributed by atoms with Crippen LogP contribution in [0.15, 0.2) is 17.0 Å². The second-order valence-corrected chi connectivity index (χ2v) is 5.70. The van der Waals surface area contributed by atoms with Gasteiger partial charge in [-0.25, -0.2) is 0 Å². The fraction of sp³-hybridized carbons (Fsp3) is 0.571. The van der Waals surface area contributed by atoms with Crippen LogP contribution >= 0.6 is 11.8 Å². The van der Waals surface area contributed by atoms with Crippen LogP contribution in [0.2, 0.25) is 0 Å². The first-order valence-electron chi connectivity index (χ1n) is 6.13. The second kappa shape index (κ2) is 4.91. The molecule has 1 aliphatic carbocycles. The monoisotopic (exact) mass is 251 g/mol. The largest absolute Gasteiger partial charge is 0.496 e. The van der Waals surface area contributed by atoms with Crippen molar-refractivity contribution in [3.05, 3.63) is 23.3 Å². The molecule has 94 valence electrons. The molecule has 2 nitrogen and oxygen atoms in total. The van der Waals surface area contributed by atoms with E-state index in [4.69, 9.17) is 10.5 Å². The number of nitrogens with two attached hydrogens (primary N) is 1. The van der Waals surface area contributed by atoms with Gasteiger partial charge in [-0.2, -0.15) is 0 Å². The van der Waals surface area contributed by atoms with Crippen LogP contribution in [0.4, 0.5) is 0 Å². The first kappa shape index (κ1) is 12.8. The average molecular weight is 251 g/mol. The van der Waals surface area contributed by atoms with Crippen LogP contribution in [0.5, 0.6) is 5.75 Å². The summed E-state index contributed by atoms with van der Waals surface area (Å²) in [5.74, 6) is 0.987. The molecule has 0 unspecified atom stereocenters. The minimum Gasteiger partial charge on any atom is -0.496 e. The molecule has 1 fully saturated rings. The molecule has 0 aromatic heterocycles. The van der Waals surface area contributed by atoms with Gasteiger partial charge in [0.15, 0.2) is 0 Å².